The van der Waals surface area contributed by atoms with Crippen molar-refractivity contribution in [3.05, 3.63) is 12.2 Å². The minimum atomic E-state index is -0.0903. The van der Waals surface area contributed by atoms with Gasteiger partial charge in [0, 0.05) is 0 Å². The SMILES string of the molecule is CCC[C@H](N)c1ncno1. The molecule has 1 aromatic rings. The van der Waals surface area contributed by atoms with Crippen LogP contribution in [0.15, 0.2) is 10.9 Å². The summed E-state index contributed by atoms with van der Waals surface area (Å²) in [5.41, 5.74) is 5.65. The second kappa shape index (κ2) is 3.31. The summed E-state index contributed by atoms with van der Waals surface area (Å²) < 4.78 is 4.76. The quantitative estimate of drug-likeness (QED) is 0.678. The van der Waals surface area contributed by atoms with Gasteiger partial charge in [-0.1, -0.05) is 18.5 Å². The molecule has 0 aromatic carbocycles. The zero-order valence-corrected chi connectivity index (χ0v) is 5.95. The van der Waals surface area contributed by atoms with Crippen LogP contribution in [0, 0.1) is 0 Å². The molecule has 56 valence electrons. The van der Waals surface area contributed by atoms with E-state index in [2.05, 4.69) is 17.1 Å². The molecule has 0 radical (unpaired) electrons. The van der Waals surface area contributed by atoms with Crippen molar-refractivity contribution in [2.75, 3.05) is 0 Å². The third-order valence-electron chi connectivity index (χ3n) is 1.30. The Kier molecular flexibility index (Phi) is 2.39. The van der Waals surface area contributed by atoms with Crippen LogP contribution in [-0.4, -0.2) is 10.1 Å². The van der Waals surface area contributed by atoms with Gasteiger partial charge < -0.3 is 10.3 Å². The van der Waals surface area contributed by atoms with Crippen molar-refractivity contribution in [3.8, 4) is 0 Å². The third-order valence-corrected chi connectivity index (χ3v) is 1.30. The zero-order valence-electron chi connectivity index (χ0n) is 5.95. The number of hydrogen-bond acceptors (Lipinski definition) is 4. The minimum absolute atomic E-state index is 0.0903. The van der Waals surface area contributed by atoms with Crippen LogP contribution in [0.2, 0.25) is 0 Å². The summed E-state index contributed by atoms with van der Waals surface area (Å²) in [6.45, 7) is 2.07. The van der Waals surface area contributed by atoms with E-state index in [0.29, 0.717) is 5.89 Å². The monoisotopic (exact) mass is 141 g/mol. The average Bonchev–Trinajstić information content (AvgIpc) is 2.38. The third kappa shape index (κ3) is 1.54. The first-order chi connectivity index (χ1) is 4.84. The van der Waals surface area contributed by atoms with Crippen molar-refractivity contribution in [2.24, 2.45) is 5.73 Å². The second-order valence-electron chi connectivity index (χ2n) is 2.17. The van der Waals surface area contributed by atoms with Gasteiger partial charge in [0.05, 0.1) is 6.04 Å². The van der Waals surface area contributed by atoms with Gasteiger partial charge in [0.25, 0.3) is 0 Å². The highest BCUT2D eigenvalue weighted by atomic mass is 16.5. The van der Waals surface area contributed by atoms with Crippen molar-refractivity contribution in [2.45, 2.75) is 25.8 Å². The Morgan fingerprint density at radius 2 is 2.60 bits per heavy atom. The maximum atomic E-state index is 5.65. The minimum Gasteiger partial charge on any atom is -0.338 e. The first kappa shape index (κ1) is 7.21. The fourth-order valence-electron chi connectivity index (χ4n) is 0.780. The zero-order chi connectivity index (χ0) is 7.40. The number of nitrogens with zero attached hydrogens (tertiary/aromatic N) is 2. The lowest BCUT2D eigenvalue weighted by molar-refractivity contribution is 0.347. The first-order valence-corrected chi connectivity index (χ1v) is 3.36. The number of rotatable bonds is 3. The predicted octanol–water partition coefficient (Wildman–Crippen LogP) is 0.869. The van der Waals surface area contributed by atoms with Crippen LogP contribution in [-0.2, 0) is 0 Å². The van der Waals surface area contributed by atoms with Crippen LogP contribution in [0.4, 0.5) is 0 Å². The molecule has 4 heteroatoms. The van der Waals surface area contributed by atoms with Crippen LogP contribution >= 0.6 is 0 Å². The molecule has 0 bridgehead atoms. The lowest BCUT2D eigenvalue weighted by Crippen LogP contribution is -2.09. The first-order valence-electron chi connectivity index (χ1n) is 3.36. The van der Waals surface area contributed by atoms with E-state index in [9.17, 15) is 0 Å². The lowest BCUT2D eigenvalue weighted by Gasteiger charge is -2.01. The molecule has 1 atom stereocenters. The molecule has 1 aromatic heterocycles. The summed E-state index contributed by atoms with van der Waals surface area (Å²) in [4.78, 5) is 3.83. The molecule has 0 spiro atoms. The van der Waals surface area contributed by atoms with Crippen LogP contribution in [0.5, 0.6) is 0 Å². The van der Waals surface area contributed by atoms with E-state index in [0.717, 1.165) is 12.8 Å². The number of hydrogen-bond donors (Lipinski definition) is 1. The van der Waals surface area contributed by atoms with Crippen molar-refractivity contribution in [1.82, 2.24) is 10.1 Å². The normalized spacial score (nSPS) is 13.4. The van der Waals surface area contributed by atoms with E-state index in [1.165, 1.54) is 6.33 Å². The van der Waals surface area contributed by atoms with E-state index in [1.54, 1.807) is 0 Å². The molecule has 0 aliphatic rings. The van der Waals surface area contributed by atoms with Gasteiger partial charge in [0.1, 0.15) is 0 Å². The Bertz CT molecular complexity index is 173. The van der Waals surface area contributed by atoms with Crippen molar-refractivity contribution in [1.29, 1.82) is 0 Å². The summed E-state index contributed by atoms with van der Waals surface area (Å²) in [6.07, 6.45) is 3.29. The number of nitrogens with two attached hydrogens (primary N) is 1. The van der Waals surface area contributed by atoms with Gasteiger partial charge in [0.2, 0.25) is 5.89 Å². The molecule has 10 heavy (non-hydrogen) atoms. The van der Waals surface area contributed by atoms with Gasteiger partial charge >= 0.3 is 0 Å². The molecule has 0 aliphatic carbocycles. The van der Waals surface area contributed by atoms with Gasteiger partial charge in [-0.15, -0.1) is 0 Å². The van der Waals surface area contributed by atoms with Crippen LogP contribution in [0.25, 0.3) is 0 Å². The molecular weight excluding hydrogens is 130 g/mol. The molecule has 0 aliphatic heterocycles. The molecule has 1 rings (SSSR count). The highest BCUT2D eigenvalue weighted by Gasteiger charge is 2.08. The van der Waals surface area contributed by atoms with Crippen molar-refractivity contribution >= 4 is 0 Å². The molecular formula is C6H11N3O. The summed E-state index contributed by atoms with van der Waals surface area (Å²) in [6, 6.07) is -0.0903. The largest absolute Gasteiger partial charge is 0.338 e. The van der Waals surface area contributed by atoms with E-state index < -0.39 is 0 Å². The summed E-state index contributed by atoms with van der Waals surface area (Å²) >= 11 is 0. The molecule has 0 amide bonds. The van der Waals surface area contributed by atoms with E-state index in [-0.39, 0.29) is 6.04 Å². The Labute approximate surface area is 59.4 Å². The molecule has 0 fully saturated rings. The second-order valence-corrected chi connectivity index (χ2v) is 2.17. The summed E-state index contributed by atoms with van der Waals surface area (Å²) in [7, 11) is 0. The Morgan fingerprint density at radius 3 is 3.10 bits per heavy atom. The lowest BCUT2D eigenvalue weighted by atomic mass is 10.2. The Hall–Kier alpha value is -0.900. The average molecular weight is 141 g/mol. The van der Waals surface area contributed by atoms with Gasteiger partial charge in [0.15, 0.2) is 6.33 Å². The fraction of sp³-hybridized carbons (Fsp3) is 0.667. The smallest absolute Gasteiger partial charge is 0.243 e. The molecule has 4 nitrogen and oxygen atoms in total. The highest BCUT2D eigenvalue weighted by Crippen LogP contribution is 2.10. The van der Waals surface area contributed by atoms with E-state index in [1.807, 2.05) is 0 Å². The molecule has 2 N–H and O–H groups in total. The van der Waals surface area contributed by atoms with Crippen molar-refractivity contribution in [3.63, 3.8) is 0 Å². The van der Waals surface area contributed by atoms with Crippen molar-refractivity contribution < 1.29 is 4.52 Å². The van der Waals surface area contributed by atoms with E-state index >= 15 is 0 Å². The maximum absolute atomic E-state index is 5.65. The predicted molar refractivity (Wildman–Crippen MR) is 36.1 cm³/mol. The topological polar surface area (TPSA) is 64.9 Å². The fourth-order valence-corrected chi connectivity index (χ4v) is 0.780. The van der Waals surface area contributed by atoms with Crippen LogP contribution in [0.3, 0.4) is 0 Å². The van der Waals surface area contributed by atoms with Gasteiger partial charge in [-0.3, -0.25) is 0 Å². The van der Waals surface area contributed by atoms with E-state index in [4.69, 9.17) is 10.3 Å². The molecule has 1 heterocycles. The Balaban J connectivity index is 2.50. The molecule has 0 unspecified atom stereocenters. The molecule has 0 saturated carbocycles. The van der Waals surface area contributed by atoms with Gasteiger partial charge in [-0.2, -0.15) is 4.98 Å². The van der Waals surface area contributed by atoms with Crippen LogP contribution < -0.4 is 5.73 Å². The highest BCUT2D eigenvalue weighted by molar-refractivity contribution is 4.83. The Morgan fingerprint density at radius 1 is 1.80 bits per heavy atom. The van der Waals surface area contributed by atoms with Gasteiger partial charge in [-0.25, -0.2) is 0 Å². The summed E-state index contributed by atoms with van der Waals surface area (Å²) in [5, 5.41) is 3.46. The summed E-state index contributed by atoms with van der Waals surface area (Å²) in [5.74, 6) is 0.529. The van der Waals surface area contributed by atoms with Gasteiger partial charge in [-0.05, 0) is 6.42 Å². The van der Waals surface area contributed by atoms with Crippen LogP contribution in [0.1, 0.15) is 31.7 Å². The maximum Gasteiger partial charge on any atom is 0.243 e. The standard InChI is InChI=1S/C6H11N3O/c1-2-3-5(7)6-8-4-9-10-6/h4-5H,2-3,7H2,1H3/t5-/m0/s1. The molecule has 0 saturated heterocycles. The number of aromatic nitrogens is 2.